The van der Waals surface area contributed by atoms with E-state index in [0.717, 1.165) is 6.21 Å². The van der Waals surface area contributed by atoms with E-state index in [4.69, 9.17) is 28.4 Å². The van der Waals surface area contributed by atoms with E-state index >= 15 is 0 Å². The van der Waals surface area contributed by atoms with Crippen molar-refractivity contribution in [2.45, 2.75) is 0 Å². The Morgan fingerprint density at radius 3 is 2.82 bits per heavy atom. The molecular weight excluding hydrogens is 187 g/mol. The molecule has 1 aromatic heterocycles. The molecule has 0 atom stereocenters. The maximum atomic E-state index is 8.19. The Morgan fingerprint density at radius 1 is 1.55 bits per heavy atom. The van der Waals surface area contributed by atoms with Gasteiger partial charge in [0.15, 0.2) is 0 Å². The van der Waals surface area contributed by atoms with Gasteiger partial charge in [-0.15, -0.1) is 0 Å². The lowest BCUT2D eigenvalue weighted by atomic mass is 10.3. The molecule has 0 aliphatic rings. The monoisotopic (exact) mass is 190 g/mol. The standard InChI is InChI=1S/C6H4Cl2N2O/c7-5-1-2-9-6(8)4(5)3-10-11/h1-3,11H. The first-order chi connectivity index (χ1) is 5.25. The Balaban J connectivity index is 3.20. The van der Waals surface area contributed by atoms with Crippen molar-refractivity contribution in [2.24, 2.45) is 5.16 Å². The van der Waals surface area contributed by atoms with Gasteiger partial charge >= 0.3 is 0 Å². The van der Waals surface area contributed by atoms with Crippen LogP contribution in [0.2, 0.25) is 10.2 Å². The Kier molecular flexibility index (Phi) is 2.68. The maximum Gasteiger partial charge on any atom is 0.139 e. The topological polar surface area (TPSA) is 45.5 Å². The molecule has 0 aliphatic heterocycles. The predicted molar refractivity (Wildman–Crippen MR) is 43.6 cm³/mol. The fraction of sp³-hybridized carbons (Fsp3) is 0. The smallest absolute Gasteiger partial charge is 0.139 e. The van der Waals surface area contributed by atoms with Gasteiger partial charge in [-0.05, 0) is 6.07 Å². The highest BCUT2D eigenvalue weighted by atomic mass is 35.5. The van der Waals surface area contributed by atoms with E-state index in [0.29, 0.717) is 10.6 Å². The van der Waals surface area contributed by atoms with Crippen LogP contribution >= 0.6 is 23.2 Å². The van der Waals surface area contributed by atoms with Crippen LogP contribution in [0.1, 0.15) is 5.56 Å². The van der Waals surface area contributed by atoms with E-state index in [1.165, 1.54) is 6.20 Å². The SMILES string of the molecule is ON=Cc1c(Cl)ccnc1Cl. The fourth-order valence-corrected chi connectivity index (χ4v) is 1.05. The average molecular weight is 191 g/mol. The number of halogens is 2. The second kappa shape index (κ2) is 3.55. The van der Waals surface area contributed by atoms with Crippen LogP contribution in [0.5, 0.6) is 0 Å². The highest BCUT2D eigenvalue weighted by Gasteiger charge is 2.02. The Hall–Kier alpha value is -0.800. The molecule has 0 saturated heterocycles. The highest BCUT2D eigenvalue weighted by Crippen LogP contribution is 2.19. The molecule has 0 saturated carbocycles. The number of aromatic nitrogens is 1. The van der Waals surface area contributed by atoms with Crippen molar-refractivity contribution in [3.63, 3.8) is 0 Å². The number of pyridine rings is 1. The minimum Gasteiger partial charge on any atom is -0.411 e. The molecule has 3 nitrogen and oxygen atoms in total. The first-order valence-electron chi connectivity index (χ1n) is 2.73. The van der Waals surface area contributed by atoms with Crippen molar-refractivity contribution in [3.8, 4) is 0 Å². The van der Waals surface area contributed by atoms with Gasteiger partial charge in [-0.2, -0.15) is 0 Å². The molecule has 0 fully saturated rings. The summed E-state index contributed by atoms with van der Waals surface area (Å²) in [7, 11) is 0. The summed E-state index contributed by atoms with van der Waals surface area (Å²) in [5, 5.41) is 11.6. The van der Waals surface area contributed by atoms with Crippen molar-refractivity contribution in [3.05, 3.63) is 28.0 Å². The van der Waals surface area contributed by atoms with Crippen LogP contribution in [0.4, 0.5) is 0 Å². The van der Waals surface area contributed by atoms with Gasteiger partial charge in [0.25, 0.3) is 0 Å². The van der Waals surface area contributed by atoms with Crippen molar-refractivity contribution in [2.75, 3.05) is 0 Å². The molecule has 0 unspecified atom stereocenters. The van der Waals surface area contributed by atoms with Crippen LogP contribution in [0.15, 0.2) is 17.4 Å². The number of nitrogens with zero attached hydrogens (tertiary/aromatic N) is 2. The minimum absolute atomic E-state index is 0.218. The second-order valence-corrected chi connectivity index (χ2v) is 2.51. The van der Waals surface area contributed by atoms with E-state index in [9.17, 15) is 0 Å². The van der Waals surface area contributed by atoms with E-state index in [1.54, 1.807) is 6.07 Å². The molecular formula is C6H4Cl2N2O. The Bertz CT molecular complexity index is 268. The summed E-state index contributed by atoms with van der Waals surface area (Å²) in [4.78, 5) is 3.74. The molecule has 11 heavy (non-hydrogen) atoms. The lowest BCUT2D eigenvalue weighted by Crippen LogP contribution is -1.87. The molecule has 1 rings (SSSR count). The van der Waals surface area contributed by atoms with Crippen LogP contribution in [0, 0.1) is 0 Å². The van der Waals surface area contributed by atoms with E-state index in [-0.39, 0.29) is 5.15 Å². The average Bonchev–Trinajstić information content (AvgIpc) is 1.97. The van der Waals surface area contributed by atoms with Crippen molar-refractivity contribution >= 4 is 29.4 Å². The minimum atomic E-state index is 0.218. The summed E-state index contributed by atoms with van der Waals surface area (Å²) < 4.78 is 0. The highest BCUT2D eigenvalue weighted by molar-refractivity contribution is 6.37. The second-order valence-electron chi connectivity index (χ2n) is 1.74. The molecule has 0 amide bonds. The van der Waals surface area contributed by atoms with E-state index < -0.39 is 0 Å². The Labute approximate surface area is 73.3 Å². The van der Waals surface area contributed by atoms with Gasteiger partial charge in [-0.3, -0.25) is 0 Å². The van der Waals surface area contributed by atoms with Gasteiger partial charge in [0.05, 0.1) is 16.8 Å². The van der Waals surface area contributed by atoms with Gasteiger partial charge in [0.2, 0.25) is 0 Å². The summed E-state index contributed by atoms with van der Waals surface area (Å²) in [6, 6.07) is 1.56. The quantitative estimate of drug-likeness (QED) is 0.320. The third-order valence-electron chi connectivity index (χ3n) is 1.08. The number of hydrogen-bond donors (Lipinski definition) is 1. The molecule has 0 radical (unpaired) electrons. The van der Waals surface area contributed by atoms with Crippen molar-refractivity contribution in [1.82, 2.24) is 4.98 Å². The summed E-state index contributed by atoms with van der Waals surface area (Å²) >= 11 is 11.3. The molecule has 0 aromatic carbocycles. The molecule has 5 heteroatoms. The third-order valence-corrected chi connectivity index (χ3v) is 1.71. The predicted octanol–water partition coefficient (Wildman–Crippen LogP) is 2.20. The van der Waals surface area contributed by atoms with E-state index in [1.807, 2.05) is 0 Å². The zero-order valence-electron chi connectivity index (χ0n) is 5.33. The lowest BCUT2D eigenvalue weighted by Gasteiger charge is -1.96. The summed E-state index contributed by atoms with van der Waals surface area (Å²) in [6.45, 7) is 0. The number of rotatable bonds is 1. The van der Waals surface area contributed by atoms with Crippen LogP contribution < -0.4 is 0 Å². The normalized spacial score (nSPS) is 10.7. The molecule has 0 spiro atoms. The van der Waals surface area contributed by atoms with Gasteiger partial charge in [0, 0.05) is 6.20 Å². The number of oxime groups is 1. The van der Waals surface area contributed by atoms with Crippen LogP contribution in [0.3, 0.4) is 0 Å². The van der Waals surface area contributed by atoms with E-state index in [2.05, 4.69) is 10.1 Å². The molecule has 1 heterocycles. The Morgan fingerprint density at radius 2 is 2.27 bits per heavy atom. The van der Waals surface area contributed by atoms with Gasteiger partial charge in [0.1, 0.15) is 5.15 Å². The lowest BCUT2D eigenvalue weighted by molar-refractivity contribution is 0.322. The third kappa shape index (κ3) is 1.82. The van der Waals surface area contributed by atoms with Crippen LogP contribution in [-0.2, 0) is 0 Å². The maximum absolute atomic E-state index is 8.19. The van der Waals surface area contributed by atoms with Gasteiger partial charge < -0.3 is 5.21 Å². The molecule has 0 bridgehead atoms. The molecule has 1 N–H and O–H groups in total. The summed E-state index contributed by atoms with van der Waals surface area (Å²) in [5.74, 6) is 0. The van der Waals surface area contributed by atoms with Crippen molar-refractivity contribution in [1.29, 1.82) is 0 Å². The summed E-state index contributed by atoms with van der Waals surface area (Å²) in [5.41, 5.74) is 0.415. The van der Waals surface area contributed by atoms with Crippen LogP contribution in [0.25, 0.3) is 0 Å². The summed E-state index contributed by atoms with van der Waals surface area (Å²) in [6.07, 6.45) is 2.61. The zero-order valence-corrected chi connectivity index (χ0v) is 6.84. The molecule has 1 aromatic rings. The van der Waals surface area contributed by atoms with Crippen LogP contribution in [-0.4, -0.2) is 16.4 Å². The van der Waals surface area contributed by atoms with Gasteiger partial charge in [-0.1, -0.05) is 28.4 Å². The first kappa shape index (κ1) is 8.30. The first-order valence-corrected chi connectivity index (χ1v) is 3.48. The van der Waals surface area contributed by atoms with Gasteiger partial charge in [-0.25, -0.2) is 4.98 Å². The molecule has 58 valence electrons. The van der Waals surface area contributed by atoms with Crippen molar-refractivity contribution < 1.29 is 5.21 Å². The fourth-order valence-electron chi connectivity index (χ4n) is 0.599. The number of hydrogen-bond acceptors (Lipinski definition) is 3. The molecule has 0 aliphatic carbocycles. The zero-order chi connectivity index (χ0) is 8.27. The largest absolute Gasteiger partial charge is 0.411 e.